The Balaban J connectivity index is 3.40. The molecule has 0 fully saturated rings. The van der Waals surface area contributed by atoms with E-state index in [0.717, 1.165) is 12.1 Å². The Labute approximate surface area is 78.3 Å². The first-order valence-electron chi connectivity index (χ1n) is 3.42. The van der Waals surface area contributed by atoms with Gasteiger partial charge in [0.15, 0.2) is 0 Å². The Morgan fingerprint density at radius 2 is 1.64 bits per heavy atom. The van der Waals surface area contributed by atoms with Crippen molar-refractivity contribution in [2.75, 3.05) is 5.73 Å². The fourth-order valence-corrected chi connectivity index (χ4v) is 1.74. The molecule has 1 aromatic carbocycles. The van der Waals surface area contributed by atoms with Gasteiger partial charge in [-0.3, -0.25) is 0 Å². The van der Waals surface area contributed by atoms with Crippen LogP contribution in [0.15, 0.2) is 29.2 Å². The summed E-state index contributed by atoms with van der Waals surface area (Å²) in [5.74, 6) is 0. The van der Waals surface area contributed by atoms with Crippen LogP contribution in [0.2, 0.25) is 0 Å². The van der Waals surface area contributed by atoms with Crippen molar-refractivity contribution in [2.45, 2.75) is 10.4 Å². The molecule has 0 aromatic heterocycles. The zero-order valence-electron chi connectivity index (χ0n) is 6.75. The molecule has 0 saturated carbocycles. The predicted octanol–water partition coefficient (Wildman–Crippen LogP) is 1.56. The fraction of sp³-hybridized carbons (Fsp3) is 0.143. The van der Waals surface area contributed by atoms with E-state index in [4.69, 9.17) is 5.73 Å². The van der Waals surface area contributed by atoms with Gasteiger partial charge in [0.05, 0.1) is 10.6 Å². The highest BCUT2D eigenvalue weighted by atomic mass is 32.2. The zero-order valence-corrected chi connectivity index (χ0v) is 7.56. The van der Waals surface area contributed by atoms with Crippen molar-refractivity contribution in [3.8, 4) is 0 Å². The van der Waals surface area contributed by atoms with E-state index in [0.29, 0.717) is 0 Å². The van der Waals surface area contributed by atoms with Gasteiger partial charge in [-0.2, -0.15) is 13.2 Å². The van der Waals surface area contributed by atoms with Crippen LogP contribution < -0.4 is 5.73 Å². The third-order valence-corrected chi connectivity index (χ3v) is 3.07. The van der Waals surface area contributed by atoms with Crippen molar-refractivity contribution in [1.82, 2.24) is 0 Å². The van der Waals surface area contributed by atoms with Crippen LogP contribution in [0.1, 0.15) is 0 Å². The van der Waals surface area contributed by atoms with Crippen LogP contribution in [-0.2, 0) is 9.84 Å². The van der Waals surface area contributed by atoms with E-state index >= 15 is 0 Å². The Kier molecular flexibility index (Phi) is 2.45. The second-order valence-corrected chi connectivity index (χ2v) is 4.40. The Morgan fingerprint density at radius 3 is 2.07 bits per heavy atom. The molecule has 0 heterocycles. The lowest BCUT2D eigenvalue weighted by atomic mass is 10.3. The quantitative estimate of drug-likeness (QED) is 0.738. The van der Waals surface area contributed by atoms with Crippen LogP contribution >= 0.6 is 0 Å². The Bertz CT molecular complexity index is 438. The largest absolute Gasteiger partial charge is 0.501 e. The third-order valence-electron chi connectivity index (χ3n) is 1.51. The number of benzene rings is 1. The van der Waals surface area contributed by atoms with E-state index in [-0.39, 0.29) is 0 Å². The molecule has 0 unspecified atom stereocenters. The lowest BCUT2D eigenvalue weighted by Crippen LogP contribution is -2.24. The SMILES string of the molecule is Nc1ccccc1S(=O)(=O)C(F)(F)F. The second kappa shape index (κ2) is 3.16. The van der Waals surface area contributed by atoms with Crippen molar-refractivity contribution in [2.24, 2.45) is 0 Å². The van der Waals surface area contributed by atoms with Gasteiger partial charge in [0.1, 0.15) is 0 Å². The first-order valence-corrected chi connectivity index (χ1v) is 4.91. The van der Waals surface area contributed by atoms with Gasteiger partial charge < -0.3 is 5.73 Å². The van der Waals surface area contributed by atoms with Crippen LogP contribution in [0.25, 0.3) is 0 Å². The first kappa shape index (κ1) is 10.8. The highest BCUT2D eigenvalue weighted by Gasteiger charge is 2.47. The monoisotopic (exact) mass is 225 g/mol. The fourth-order valence-electron chi connectivity index (χ4n) is 0.850. The number of hydrogen-bond acceptors (Lipinski definition) is 3. The second-order valence-electron chi connectivity index (χ2n) is 2.49. The number of alkyl halides is 3. The summed E-state index contributed by atoms with van der Waals surface area (Å²) in [5.41, 5.74) is -0.605. The average Bonchev–Trinajstić information content (AvgIpc) is 2.02. The first-order chi connectivity index (χ1) is 6.27. The summed E-state index contributed by atoms with van der Waals surface area (Å²) in [5, 5.41) is 0. The van der Waals surface area contributed by atoms with Crippen LogP contribution in [0.5, 0.6) is 0 Å². The predicted molar refractivity (Wildman–Crippen MR) is 44.1 cm³/mol. The van der Waals surface area contributed by atoms with Gasteiger partial charge >= 0.3 is 5.51 Å². The molecule has 0 saturated heterocycles. The number of sulfone groups is 1. The number of halogens is 3. The molecule has 1 rings (SSSR count). The topological polar surface area (TPSA) is 60.2 Å². The van der Waals surface area contributed by atoms with Gasteiger partial charge in [-0.25, -0.2) is 8.42 Å². The molecule has 0 radical (unpaired) electrons. The van der Waals surface area contributed by atoms with Crippen LogP contribution in [-0.4, -0.2) is 13.9 Å². The molecule has 0 aliphatic heterocycles. The smallest absolute Gasteiger partial charge is 0.398 e. The van der Waals surface area contributed by atoms with Crippen molar-refractivity contribution in [3.05, 3.63) is 24.3 Å². The molecule has 0 bridgehead atoms. The van der Waals surface area contributed by atoms with E-state index in [1.165, 1.54) is 12.1 Å². The van der Waals surface area contributed by atoms with E-state index < -0.39 is 25.9 Å². The van der Waals surface area contributed by atoms with E-state index in [1.54, 1.807) is 0 Å². The number of nitrogen functional groups attached to an aromatic ring is 1. The summed E-state index contributed by atoms with van der Waals surface area (Å²) in [6.45, 7) is 0. The summed E-state index contributed by atoms with van der Waals surface area (Å²) >= 11 is 0. The lowest BCUT2D eigenvalue weighted by Gasteiger charge is -2.09. The maximum atomic E-state index is 12.1. The van der Waals surface area contributed by atoms with E-state index in [1.807, 2.05) is 0 Å². The minimum Gasteiger partial charge on any atom is -0.398 e. The lowest BCUT2D eigenvalue weighted by molar-refractivity contribution is -0.0435. The van der Waals surface area contributed by atoms with Gasteiger partial charge in [-0.05, 0) is 12.1 Å². The zero-order chi connectivity index (χ0) is 11.0. The van der Waals surface area contributed by atoms with Crippen molar-refractivity contribution >= 4 is 15.5 Å². The molecular formula is C7H6F3NO2S. The van der Waals surface area contributed by atoms with Crippen LogP contribution in [0.3, 0.4) is 0 Å². The van der Waals surface area contributed by atoms with Crippen molar-refractivity contribution in [3.63, 3.8) is 0 Å². The molecular weight excluding hydrogens is 219 g/mol. The minimum atomic E-state index is -5.33. The van der Waals surface area contributed by atoms with Gasteiger partial charge in [0, 0.05) is 0 Å². The summed E-state index contributed by atoms with van der Waals surface area (Å²) < 4.78 is 57.9. The molecule has 0 amide bonds. The molecule has 2 N–H and O–H groups in total. The molecule has 0 aliphatic carbocycles. The number of rotatable bonds is 1. The summed E-state index contributed by atoms with van der Waals surface area (Å²) in [4.78, 5) is -0.910. The van der Waals surface area contributed by atoms with Gasteiger partial charge in [0.25, 0.3) is 9.84 Å². The van der Waals surface area contributed by atoms with Crippen molar-refractivity contribution < 1.29 is 21.6 Å². The number of nitrogens with two attached hydrogens (primary N) is 1. The number of anilines is 1. The maximum absolute atomic E-state index is 12.1. The average molecular weight is 225 g/mol. The summed E-state index contributed by atoms with van der Waals surface area (Å²) in [7, 11) is -5.33. The van der Waals surface area contributed by atoms with Crippen LogP contribution in [0.4, 0.5) is 18.9 Å². The molecule has 7 heteroatoms. The number of hydrogen-bond donors (Lipinski definition) is 1. The molecule has 0 atom stereocenters. The Morgan fingerprint density at radius 1 is 1.14 bits per heavy atom. The third kappa shape index (κ3) is 1.67. The minimum absolute atomic E-state index is 0.412. The summed E-state index contributed by atoms with van der Waals surface area (Å²) in [6.07, 6.45) is 0. The standard InChI is InChI=1S/C7H6F3NO2S/c8-7(9,10)14(12,13)6-4-2-1-3-5(6)11/h1-4H,11H2. The molecule has 14 heavy (non-hydrogen) atoms. The number of para-hydroxylation sites is 1. The molecule has 0 spiro atoms. The van der Waals surface area contributed by atoms with E-state index in [9.17, 15) is 21.6 Å². The van der Waals surface area contributed by atoms with Crippen molar-refractivity contribution in [1.29, 1.82) is 0 Å². The normalized spacial score (nSPS) is 12.8. The highest BCUT2D eigenvalue weighted by molar-refractivity contribution is 7.92. The molecule has 3 nitrogen and oxygen atoms in total. The van der Waals surface area contributed by atoms with E-state index in [2.05, 4.69) is 0 Å². The highest BCUT2D eigenvalue weighted by Crippen LogP contribution is 2.32. The molecule has 1 aromatic rings. The maximum Gasteiger partial charge on any atom is 0.501 e. The molecule has 78 valence electrons. The van der Waals surface area contributed by atoms with Crippen LogP contribution in [0, 0.1) is 0 Å². The van der Waals surface area contributed by atoms with Gasteiger partial charge in [-0.1, -0.05) is 12.1 Å². The molecule has 0 aliphatic rings. The Hall–Kier alpha value is -1.24. The van der Waals surface area contributed by atoms with Gasteiger partial charge in [0.2, 0.25) is 0 Å². The van der Waals surface area contributed by atoms with Gasteiger partial charge in [-0.15, -0.1) is 0 Å². The summed E-state index contributed by atoms with van der Waals surface area (Å²) in [6, 6.07) is 4.44.